The van der Waals surface area contributed by atoms with Gasteiger partial charge < -0.3 is 15.4 Å². The molecule has 1 amide bonds. The number of amides is 1. The quantitative estimate of drug-likeness (QED) is 0.887. The molecule has 0 saturated heterocycles. The fraction of sp³-hybridized carbons (Fsp3) is 0.533. The molecule has 106 valence electrons. The minimum Gasteiger partial charge on any atom is -0.491 e. The third-order valence-corrected chi connectivity index (χ3v) is 3.16. The SMILES string of the molecule is CC(C)Oc1cccc(C(=O)N(C)C(C)(C)CN)c1. The number of nitrogens with two attached hydrogens (primary N) is 1. The van der Waals surface area contributed by atoms with Crippen LogP contribution in [0, 0.1) is 0 Å². The van der Waals surface area contributed by atoms with Gasteiger partial charge in [-0.25, -0.2) is 0 Å². The average Bonchev–Trinajstić information content (AvgIpc) is 2.36. The van der Waals surface area contributed by atoms with E-state index in [-0.39, 0.29) is 17.6 Å². The van der Waals surface area contributed by atoms with Crippen LogP contribution in [0.25, 0.3) is 0 Å². The van der Waals surface area contributed by atoms with Crippen LogP contribution >= 0.6 is 0 Å². The third-order valence-electron chi connectivity index (χ3n) is 3.16. The van der Waals surface area contributed by atoms with E-state index in [9.17, 15) is 4.79 Å². The van der Waals surface area contributed by atoms with Gasteiger partial charge in [0.05, 0.1) is 6.10 Å². The van der Waals surface area contributed by atoms with Gasteiger partial charge in [0.2, 0.25) is 0 Å². The number of hydrogen-bond acceptors (Lipinski definition) is 3. The van der Waals surface area contributed by atoms with Crippen LogP contribution in [0.5, 0.6) is 5.75 Å². The van der Waals surface area contributed by atoms with E-state index in [1.807, 2.05) is 39.8 Å². The van der Waals surface area contributed by atoms with Crippen molar-refractivity contribution in [3.05, 3.63) is 29.8 Å². The van der Waals surface area contributed by atoms with Crippen molar-refractivity contribution in [3.8, 4) is 5.75 Å². The summed E-state index contributed by atoms with van der Waals surface area (Å²) in [6.07, 6.45) is 0.0866. The molecule has 0 bridgehead atoms. The molecule has 1 aromatic carbocycles. The summed E-state index contributed by atoms with van der Waals surface area (Å²) in [6.45, 7) is 8.21. The molecule has 0 aliphatic rings. The average molecular weight is 264 g/mol. The van der Waals surface area contributed by atoms with Crippen molar-refractivity contribution in [2.75, 3.05) is 13.6 Å². The molecule has 0 fully saturated rings. The van der Waals surface area contributed by atoms with Crippen molar-refractivity contribution in [1.82, 2.24) is 4.90 Å². The summed E-state index contributed by atoms with van der Waals surface area (Å²) in [5, 5.41) is 0. The Hall–Kier alpha value is -1.55. The molecule has 1 rings (SSSR count). The molecular formula is C15H24N2O2. The van der Waals surface area contributed by atoms with Gasteiger partial charge in [0.15, 0.2) is 0 Å². The Labute approximate surface area is 115 Å². The highest BCUT2D eigenvalue weighted by Gasteiger charge is 2.26. The summed E-state index contributed by atoms with van der Waals surface area (Å²) in [5.74, 6) is 0.657. The molecule has 0 heterocycles. The lowest BCUT2D eigenvalue weighted by atomic mass is 10.0. The number of likely N-dealkylation sites (N-methyl/N-ethyl adjacent to an activating group) is 1. The van der Waals surface area contributed by atoms with Crippen LogP contribution in [-0.4, -0.2) is 36.0 Å². The number of ether oxygens (including phenoxy) is 1. The maximum absolute atomic E-state index is 12.4. The largest absolute Gasteiger partial charge is 0.491 e. The molecule has 0 saturated carbocycles. The number of rotatable bonds is 5. The topological polar surface area (TPSA) is 55.6 Å². The zero-order valence-corrected chi connectivity index (χ0v) is 12.4. The summed E-state index contributed by atoms with van der Waals surface area (Å²) in [4.78, 5) is 14.1. The Morgan fingerprint density at radius 1 is 1.42 bits per heavy atom. The molecule has 0 aliphatic heterocycles. The van der Waals surface area contributed by atoms with Crippen molar-refractivity contribution in [2.24, 2.45) is 5.73 Å². The van der Waals surface area contributed by atoms with Crippen molar-refractivity contribution < 1.29 is 9.53 Å². The van der Waals surface area contributed by atoms with Crippen LogP contribution in [0.4, 0.5) is 0 Å². The van der Waals surface area contributed by atoms with E-state index in [2.05, 4.69) is 0 Å². The van der Waals surface area contributed by atoms with E-state index in [0.717, 1.165) is 0 Å². The second kappa shape index (κ2) is 6.06. The summed E-state index contributed by atoms with van der Waals surface area (Å²) in [7, 11) is 1.77. The van der Waals surface area contributed by atoms with Crippen LogP contribution < -0.4 is 10.5 Å². The Morgan fingerprint density at radius 2 is 2.05 bits per heavy atom. The van der Waals surface area contributed by atoms with Gasteiger partial charge in [-0.15, -0.1) is 0 Å². The molecule has 0 radical (unpaired) electrons. The molecule has 0 aliphatic carbocycles. The van der Waals surface area contributed by atoms with Crippen molar-refractivity contribution in [3.63, 3.8) is 0 Å². The molecule has 19 heavy (non-hydrogen) atoms. The fourth-order valence-electron chi connectivity index (χ4n) is 1.58. The zero-order chi connectivity index (χ0) is 14.6. The minimum atomic E-state index is -0.369. The van der Waals surface area contributed by atoms with Gasteiger partial charge in [-0.05, 0) is 45.9 Å². The van der Waals surface area contributed by atoms with Crippen LogP contribution in [0.2, 0.25) is 0 Å². The molecule has 0 unspecified atom stereocenters. The fourth-order valence-corrected chi connectivity index (χ4v) is 1.58. The highest BCUT2D eigenvalue weighted by molar-refractivity contribution is 5.94. The first-order valence-corrected chi connectivity index (χ1v) is 6.53. The molecule has 0 aromatic heterocycles. The van der Waals surface area contributed by atoms with Crippen LogP contribution in [0.15, 0.2) is 24.3 Å². The molecule has 4 heteroatoms. The Kier molecular flexibility index (Phi) is 4.95. The lowest BCUT2D eigenvalue weighted by molar-refractivity contribution is 0.0639. The van der Waals surface area contributed by atoms with E-state index < -0.39 is 0 Å². The number of nitrogens with zero attached hydrogens (tertiary/aromatic N) is 1. The van der Waals surface area contributed by atoms with E-state index in [1.54, 1.807) is 24.1 Å². The predicted molar refractivity (Wildman–Crippen MR) is 77.4 cm³/mol. The van der Waals surface area contributed by atoms with Crippen LogP contribution in [0.1, 0.15) is 38.1 Å². The maximum Gasteiger partial charge on any atom is 0.254 e. The first-order valence-electron chi connectivity index (χ1n) is 6.53. The van der Waals surface area contributed by atoms with Crippen LogP contribution in [0.3, 0.4) is 0 Å². The van der Waals surface area contributed by atoms with Gasteiger partial charge in [0.25, 0.3) is 5.91 Å². The first-order chi connectivity index (χ1) is 8.77. The lowest BCUT2D eigenvalue weighted by Gasteiger charge is -2.34. The van der Waals surface area contributed by atoms with Crippen molar-refractivity contribution >= 4 is 5.91 Å². The summed E-state index contributed by atoms with van der Waals surface area (Å²) < 4.78 is 5.60. The maximum atomic E-state index is 12.4. The second-order valence-electron chi connectivity index (χ2n) is 5.58. The van der Waals surface area contributed by atoms with Gasteiger partial charge in [-0.1, -0.05) is 6.07 Å². The van der Waals surface area contributed by atoms with Gasteiger partial charge >= 0.3 is 0 Å². The van der Waals surface area contributed by atoms with Gasteiger partial charge in [0, 0.05) is 24.7 Å². The van der Waals surface area contributed by atoms with E-state index in [4.69, 9.17) is 10.5 Å². The number of benzene rings is 1. The van der Waals surface area contributed by atoms with E-state index in [1.165, 1.54) is 0 Å². The summed E-state index contributed by atoms with van der Waals surface area (Å²) in [5.41, 5.74) is 5.94. The summed E-state index contributed by atoms with van der Waals surface area (Å²) in [6, 6.07) is 7.24. The predicted octanol–water partition coefficient (Wildman–Crippen LogP) is 2.28. The third kappa shape index (κ3) is 3.96. The summed E-state index contributed by atoms with van der Waals surface area (Å²) >= 11 is 0. The highest BCUT2D eigenvalue weighted by atomic mass is 16.5. The minimum absolute atomic E-state index is 0.0512. The number of carbonyl (C=O) groups is 1. The molecular weight excluding hydrogens is 240 g/mol. The number of hydrogen-bond donors (Lipinski definition) is 1. The second-order valence-corrected chi connectivity index (χ2v) is 5.58. The zero-order valence-electron chi connectivity index (χ0n) is 12.4. The smallest absolute Gasteiger partial charge is 0.254 e. The molecule has 4 nitrogen and oxygen atoms in total. The monoisotopic (exact) mass is 264 g/mol. The molecule has 0 atom stereocenters. The van der Waals surface area contributed by atoms with Gasteiger partial charge in [-0.2, -0.15) is 0 Å². The molecule has 2 N–H and O–H groups in total. The van der Waals surface area contributed by atoms with Crippen molar-refractivity contribution in [2.45, 2.75) is 39.3 Å². The Morgan fingerprint density at radius 3 is 2.58 bits per heavy atom. The molecule has 0 spiro atoms. The Balaban J connectivity index is 2.94. The van der Waals surface area contributed by atoms with E-state index in [0.29, 0.717) is 17.9 Å². The Bertz CT molecular complexity index is 442. The standard InChI is InChI=1S/C15H24N2O2/c1-11(2)19-13-8-6-7-12(9-13)14(18)17(5)15(3,4)10-16/h6-9,11H,10,16H2,1-5H3. The lowest BCUT2D eigenvalue weighted by Crippen LogP contribution is -2.50. The first kappa shape index (κ1) is 15.5. The van der Waals surface area contributed by atoms with Crippen molar-refractivity contribution in [1.29, 1.82) is 0 Å². The normalized spacial score (nSPS) is 11.5. The number of carbonyl (C=O) groups excluding carboxylic acids is 1. The van der Waals surface area contributed by atoms with E-state index >= 15 is 0 Å². The molecule has 1 aromatic rings. The highest BCUT2D eigenvalue weighted by Crippen LogP contribution is 2.19. The van der Waals surface area contributed by atoms with Gasteiger partial charge in [0.1, 0.15) is 5.75 Å². The van der Waals surface area contributed by atoms with Gasteiger partial charge in [-0.3, -0.25) is 4.79 Å². The van der Waals surface area contributed by atoms with Crippen LogP contribution in [-0.2, 0) is 0 Å².